The Kier molecular flexibility index (Phi) is 5.26. The smallest absolute Gasteiger partial charge is 0.357 e. The van der Waals surface area contributed by atoms with Crippen molar-refractivity contribution in [3.8, 4) is 5.69 Å². The maximum Gasteiger partial charge on any atom is 0.357 e. The fourth-order valence-corrected chi connectivity index (χ4v) is 4.03. The van der Waals surface area contributed by atoms with Crippen LogP contribution in [0.2, 0.25) is 0 Å². The molecule has 0 amide bonds. The van der Waals surface area contributed by atoms with Gasteiger partial charge >= 0.3 is 5.97 Å². The lowest BCUT2D eigenvalue weighted by Crippen LogP contribution is -2.29. The van der Waals surface area contributed by atoms with Crippen molar-refractivity contribution >= 4 is 22.5 Å². The second kappa shape index (κ2) is 7.92. The highest BCUT2D eigenvalue weighted by molar-refractivity contribution is 6.01. The van der Waals surface area contributed by atoms with Gasteiger partial charge in [-0.2, -0.15) is 5.10 Å². The van der Waals surface area contributed by atoms with E-state index in [4.69, 9.17) is 0 Å². The van der Waals surface area contributed by atoms with E-state index in [1.807, 2.05) is 44.4 Å². The summed E-state index contributed by atoms with van der Waals surface area (Å²) < 4.78 is 2.94. The van der Waals surface area contributed by atoms with Crippen LogP contribution in [0.5, 0.6) is 0 Å². The molecule has 32 heavy (non-hydrogen) atoms. The molecule has 1 N–H and O–H groups in total. The van der Waals surface area contributed by atoms with Crippen molar-refractivity contribution < 1.29 is 14.7 Å². The molecule has 2 aromatic heterocycles. The maximum atomic E-state index is 13.2. The number of hydrogen-bond acceptors (Lipinski definition) is 4. The maximum absolute atomic E-state index is 13.2. The molecule has 0 radical (unpaired) electrons. The first-order valence-corrected chi connectivity index (χ1v) is 10.2. The molecule has 2 aromatic carbocycles. The van der Waals surface area contributed by atoms with Gasteiger partial charge < -0.3 is 9.67 Å². The van der Waals surface area contributed by atoms with Gasteiger partial charge in [0.05, 0.1) is 5.39 Å². The van der Waals surface area contributed by atoms with Crippen LogP contribution in [-0.4, -0.2) is 31.2 Å². The first kappa shape index (κ1) is 21.2. The zero-order chi connectivity index (χ0) is 23.2. The normalized spacial score (nSPS) is 11.1. The zero-order valence-electron chi connectivity index (χ0n) is 18.3. The van der Waals surface area contributed by atoms with Crippen molar-refractivity contribution in [1.29, 1.82) is 0 Å². The Morgan fingerprint density at radius 2 is 1.62 bits per heavy atom. The predicted molar refractivity (Wildman–Crippen MR) is 122 cm³/mol. The summed E-state index contributed by atoms with van der Waals surface area (Å²) in [5.41, 5.74) is 4.65. The number of carboxylic acids is 1. The topological polar surface area (TPSA) is 94.2 Å². The highest BCUT2D eigenvalue weighted by atomic mass is 16.4. The minimum Gasteiger partial charge on any atom is -0.476 e. The van der Waals surface area contributed by atoms with Crippen LogP contribution in [0.1, 0.15) is 43.4 Å². The van der Waals surface area contributed by atoms with Crippen LogP contribution < -0.4 is 5.56 Å². The van der Waals surface area contributed by atoms with Gasteiger partial charge in [-0.05, 0) is 63.1 Å². The third-order valence-electron chi connectivity index (χ3n) is 5.84. The van der Waals surface area contributed by atoms with Gasteiger partial charge in [-0.1, -0.05) is 24.3 Å². The Morgan fingerprint density at radius 3 is 2.28 bits per heavy atom. The van der Waals surface area contributed by atoms with Crippen molar-refractivity contribution in [2.75, 3.05) is 0 Å². The number of rotatable bonds is 5. The van der Waals surface area contributed by atoms with Gasteiger partial charge in [0, 0.05) is 28.0 Å². The van der Waals surface area contributed by atoms with Gasteiger partial charge in [0.15, 0.2) is 11.5 Å². The van der Waals surface area contributed by atoms with Crippen molar-refractivity contribution in [3.05, 3.63) is 92.7 Å². The van der Waals surface area contributed by atoms with Crippen LogP contribution in [0.15, 0.2) is 53.3 Å². The van der Waals surface area contributed by atoms with Gasteiger partial charge in [0.2, 0.25) is 0 Å². The summed E-state index contributed by atoms with van der Waals surface area (Å²) in [6, 6.07) is 14.3. The summed E-state index contributed by atoms with van der Waals surface area (Å²) in [6.07, 6.45) is 0. The lowest BCUT2D eigenvalue weighted by Gasteiger charge is -2.12. The van der Waals surface area contributed by atoms with E-state index in [9.17, 15) is 19.5 Å². The van der Waals surface area contributed by atoms with Crippen LogP contribution in [0, 0.1) is 27.7 Å². The molecule has 0 spiro atoms. The Bertz CT molecular complexity index is 1460. The van der Waals surface area contributed by atoms with Crippen LogP contribution in [0.25, 0.3) is 16.5 Å². The van der Waals surface area contributed by atoms with Crippen molar-refractivity contribution in [2.45, 2.75) is 34.2 Å². The summed E-state index contributed by atoms with van der Waals surface area (Å²) in [6.45, 7) is 7.51. The van der Waals surface area contributed by atoms with E-state index in [1.54, 1.807) is 24.3 Å². The van der Waals surface area contributed by atoms with Crippen molar-refractivity contribution in [2.24, 2.45) is 0 Å². The molecule has 0 atom stereocenters. The lowest BCUT2D eigenvalue weighted by atomic mass is 10.1. The van der Waals surface area contributed by atoms with E-state index >= 15 is 0 Å². The minimum atomic E-state index is -1.25. The van der Waals surface area contributed by atoms with Gasteiger partial charge in [0.1, 0.15) is 6.54 Å². The Balaban J connectivity index is 1.77. The summed E-state index contributed by atoms with van der Waals surface area (Å²) >= 11 is 0. The van der Waals surface area contributed by atoms with Gasteiger partial charge in [-0.15, -0.1) is 0 Å². The molecule has 4 rings (SSSR count). The van der Waals surface area contributed by atoms with Crippen molar-refractivity contribution in [1.82, 2.24) is 14.3 Å². The highest BCUT2D eigenvalue weighted by Crippen LogP contribution is 2.23. The molecule has 0 saturated carbocycles. The number of hydrogen-bond donors (Lipinski definition) is 1. The fourth-order valence-electron chi connectivity index (χ4n) is 4.03. The van der Waals surface area contributed by atoms with Crippen LogP contribution in [0.4, 0.5) is 0 Å². The summed E-state index contributed by atoms with van der Waals surface area (Å²) in [4.78, 5) is 37.7. The van der Waals surface area contributed by atoms with E-state index in [-0.39, 0.29) is 28.8 Å². The molecule has 0 unspecified atom stereocenters. The average Bonchev–Trinajstić information content (AvgIpc) is 3.06. The third kappa shape index (κ3) is 3.51. The number of carbonyl (C=O) groups is 2. The summed E-state index contributed by atoms with van der Waals surface area (Å²) in [7, 11) is 0. The average molecular weight is 429 g/mol. The van der Waals surface area contributed by atoms with E-state index in [1.165, 1.54) is 11.6 Å². The quantitative estimate of drug-likeness (QED) is 0.484. The summed E-state index contributed by atoms with van der Waals surface area (Å²) in [5, 5.41) is 14.0. The van der Waals surface area contributed by atoms with Crippen LogP contribution in [0.3, 0.4) is 0 Å². The van der Waals surface area contributed by atoms with E-state index in [0.29, 0.717) is 5.56 Å². The number of carbonyl (C=O) groups excluding carboxylic acids is 1. The third-order valence-corrected chi connectivity index (χ3v) is 5.84. The van der Waals surface area contributed by atoms with Gasteiger partial charge in [-0.3, -0.25) is 9.59 Å². The number of nitrogens with zero attached hydrogens (tertiary/aromatic N) is 3. The van der Waals surface area contributed by atoms with Crippen LogP contribution in [-0.2, 0) is 6.54 Å². The Morgan fingerprint density at radius 1 is 0.938 bits per heavy atom. The molecule has 0 saturated heterocycles. The van der Waals surface area contributed by atoms with Gasteiger partial charge in [-0.25, -0.2) is 9.48 Å². The standard InChI is InChI=1S/C25H23N3O4/c1-14-9-10-18(11-15(14)2)28-16(3)12-21(17(28)4)22(29)13-27-24(30)20-8-6-5-7-19(20)23(26-27)25(31)32/h5-12H,13H2,1-4H3,(H,31,32). The summed E-state index contributed by atoms with van der Waals surface area (Å²) in [5.74, 6) is -1.57. The molecular weight excluding hydrogens is 406 g/mol. The second-order valence-corrected chi connectivity index (χ2v) is 7.97. The lowest BCUT2D eigenvalue weighted by molar-refractivity contribution is 0.0688. The predicted octanol–water partition coefficient (Wildman–Crippen LogP) is 4.00. The molecule has 7 heteroatoms. The fraction of sp³-hybridized carbons (Fsp3) is 0.200. The Hall–Kier alpha value is -4.00. The molecule has 7 nitrogen and oxygen atoms in total. The van der Waals surface area contributed by atoms with Gasteiger partial charge in [0.25, 0.3) is 5.56 Å². The van der Waals surface area contributed by atoms with E-state index < -0.39 is 11.5 Å². The van der Waals surface area contributed by atoms with Crippen molar-refractivity contribution in [3.63, 3.8) is 0 Å². The minimum absolute atomic E-state index is 0.216. The highest BCUT2D eigenvalue weighted by Gasteiger charge is 2.21. The number of aromatic nitrogens is 3. The molecule has 0 bridgehead atoms. The largest absolute Gasteiger partial charge is 0.476 e. The first-order valence-electron chi connectivity index (χ1n) is 10.2. The number of fused-ring (bicyclic) bond motifs is 1. The molecule has 4 aromatic rings. The number of carboxylic acid groups (broad SMARTS) is 1. The van der Waals surface area contributed by atoms with E-state index in [0.717, 1.165) is 27.3 Å². The number of aromatic carboxylic acids is 1. The first-order chi connectivity index (χ1) is 15.2. The molecular formula is C25H23N3O4. The molecule has 162 valence electrons. The monoisotopic (exact) mass is 429 g/mol. The molecule has 0 aliphatic carbocycles. The van der Waals surface area contributed by atoms with Crippen LogP contribution >= 0.6 is 0 Å². The Labute approximate surface area is 184 Å². The molecule has 0 aliphatic heterocycles. The second-order valence-electron chi connectivity index (χ2n) is 7.97. The number of ketones is 1. The SMILES string of the molecule is Cc1ccc(-n2c(C)cc(C(=O)Cn3nc(C(=O)O)c4ccccc4c3=O)c2C)cc1C. The molecule has 2 heterocycles. The van der Waals surface area contributed by atoms with E-state index in [2.05, 4.69) is 11.2 Å². The molecule has 0 fully saturated rings. The number of Topliss-reactive ketones (excluding diaryl/α,β-unsaturated/α-hetero) is 1. The number of aryl methyl sites for hydroxylation is 3. The number of benzene rings is 2. The molecule has 0 aliphatic rings. The zero-order valence-corrected chi connectivity index (χ0v) is 18.3.